The van der Waals surface area contributed by atoms with Crippen molar-refractivity contribution >= 4 is 24.0 Å². The van der Waals surface area contributed by atoms with Crippen molar-refractivity contribution in [3.05, 3.63) is 47.8 Å². The molecule has 0 aliphatic heterocycles. The number of carbonyl (C=O) groups excluding carboxylic acids is 1. The average Bonchev–Trinajstić information content (AvgIpc) is 2.58. The summed E-state index contributed by atoms with van der Waals surface area (Å²) >= 11 is 0. The van der Waals surface area contributed by atoms with Crippen LogP contribution in [0.5, 0.6) is 17.2 Å². The fourth-order valence-electron chi connectivity index (χ4n) is 2.29. The van der Waals surface area contributed by atoms with Crippen LogP contribution in [-0.2, 0) is 4.79 Å². The maximum Gasteiger partial charge on any atom is 0.224 e. The van der Waals surface area contributed by atoms with Crippen molar-refractivity contribution in [1.29, 1.82) is 0 Å². The van der Waals surface area contributed by atoms with E-state index in [0.717, 1.165) is 18.5 Å². The molecule has 2 aromatic carbocycles. The van der Waals surface area contributed by atoms with Crippen molar-refractivity contribution in [3.63, 3.8) is 0 Å². The molecule has 0 spiro atoms. The zero-order valence-electron chi connectivity index (χ0n) is 15.1. The molecule has 1 amide bonds. The van der Waals surface area contributed by atoms with Gasteiger partial charge in [0.15, 0.2) is 23.1 Å². The summed E-state index contributed by atoms with van der Waals surface area (Å²) in [5, 5.41) is 5.65. The molecule has 0 radical (unpaired) electrons. The summed E-state index contributed by atoms with van der Waals surface area (Å²) in [7, 11) is 3.36. The van der Waals surface area contributed by atoms with Crippen LogP contribution in [0.4, 0.5) is 10.1 Å². The molecule has 2 N–H and O–H groups in total. The maximum atomic E-state index is 14.3. The normalized spacial score (nSPS) is 10.0. The van der Waals surface area contributed by atoms with Gasteiger partial charge in [-0.25, -0.2) is 4.39 Å². The van der Waals surface area contributed by atoms with Crippen LogP contribution < -0.4 is 20.1 Å². The van der Waals surface area contributed by atoms with Gasteiger partial charge in [0.05, 0.1) is 7.11 Å². The number of methoxy groups -OCH3 is 1. The van der Waals surface area contributed by atoms with E-state index in [2.05, 4.69) is 10.6 Å². The Balaban J connectivity index is 0.00000338. The molecule has 7 heteroatoms. The first-order valence-corrected chi connectivity index (χ1v) is 8.10. The van der Waals surface area contributed by atoms with Crippen LogP contribution >= 0.6 is 12.4 Å². The molecular weight excluding hydrogens is 359 g/mol. The maximum absolute atomic E-state index is 14.3. The van der Waals surface area contributed by atoms with Crippen LogP contribution in [0.25, 0.3) is 0 Å². The molecule has 0 aliphatic rings. The highest BCUT2D eigenvalue weighted by molar-refractivity contribution is 5.90. The van der Waals surface area contributed by atoms with Gasteiger partial charge in [-0.1, -0.05) is 6.07 Å². The predicted octanol–water partition coefficient (Wildman–Crippen LogP) is 4.29. The predicted molar refractivity (Wildman–Crippen MR) is 103 cm³/mol. The Hall–Kier alpha value is -2.31. The number of amides is 1. The van der Waals surface area contributed by atoms with E-state index in [0.29, 0.717) is 23.6 Å². The smallest absolute Gasteiger partial charge is 0.224 e. The third-order valence-corrected chi connectivity index (χ3v) is 3.59. The van der Waals surface area contributed by atoms with Gasteiger partial charge in [-0.3, -0.25) is 4.79 Å². The second-order valence-corrected chi connectivity index (χ2v) is 5.66. The molecule has 2 rings (SSSR count). The molecule has 0 saturated heterocycles. The van der Waals surface area contributed by atoms with Crippen LogP contribution in [0.2, 0.25) is 0 Å². The number of ether oxygens (including phenoxy) is 2. The SMILES string of the molecule is CNCCCC(=O)Nc1ccc(Oc2ccc(C)cc2OC)c(F)c1.Cl. The van der Waals surface area contributed by atoms with Crippen LogP contribution in [0.3, 0.4) is 0 Å². The molecule has 0 fully saturated rings. The second kappa shape index (κ2) is 10.6. The molecule has 0 saturated carbocycles. The Kier molecular flexibility index (Phi) is 8.88. The van der Waals surface area contributed by atoms with Crippen molar-refractivity contribution in [2.75, 3.05) is 26.0 Å². The summed E-state index contributed by atoms with van der Waals surface area (Å²) in [4.78, 5) is 11.8. The van der Waals surface area contributed by atoms with E-state index < -0.39 is 5.82 Å². The highest BCUT2D eigenvalue weighted by Crippen LogP contribution is 2.34. The summed E-state index contributed by atoms with van der Waals surface area (Å²) in [5.74, 6) is 0.312. The third-order valence-electron chi connectivity index (χ3n) is 3.59. The van der Waals surface area contributed by atoms with Gasteiger partial charge in [-0.2, -0.15) is 0 Å². The molecule has 2 aromatic rings. The lowest BCUT2D eigenvalue weighted by Crippen LogP contribution is -2.15. The minimum Gasteiger partial charge on any atom is -0.493 e. The van der Waals surface area contributed by atoms with Crippen molar-refractivity contribution in [1.82, 2.24) is 5.32 Å². The van der Waals surface area contributed by atoms with E-state index in [1.165, 1.54) is 19.2 Å². The number of hydrogen-bond acceptors (Lipinski definition) is 4. The third kappa shape index (κ3) is 6.20. The standard InChI is InChI=1S/C19H23FN2O3.ClH/c1-13-6-8-17(18(11-13)24-3)25-16-9-7-14(12-15(16)20)22-19(23)5-4-10-21-2;/h6-9,11-12,21H,4-5,10H2,1-3H3,(H,22,23);1H. The van der Waals surface area contributed by atoms with E-state index in [1.807, 2.05) is 26.1 Å². The van der Waals surface area contributed by atoms with Crippen molar-refractivity contribution < 1.29 is 18.7 Å². The fourth-order valence-corrected chi connectivity index (χ4v) is 2.29. The van der Waals surface area contributed by atoms with Crippen LogP contribution in [-0.4, -0.2) is 26.6 Å². The van der Waals surface area contributed by atoms with E-state index in [4.69, 9.17) is 9.47 Å². The lowest BCUT2D eigenvalue weighted by molar-refractivity contribution is -0.116. The molecule has 0 aromatic heterocycles. The van der Waals surface area contributed by atoms with Crippen LogP contribution in [0.15, 0.2) is 36.4 Å². The van der Waals surface area contributed by atoms with Crippen molar-refractivity contribution in [3.8, 4) is 17.2 Å². The van der Waals surface area contributed by atoms with Crippen LogP contribution in [0.1, 0.15) is 18.4 Å². The fraction of sp³-hybridized carbons (Fsp3) is 0.316. The monoisotopic (exact) mass is 382 g/mol. The Morgan fingerprint density at radius 2 is 1.85 bits per heavy atom. The minimum absolute atomic E-state index is 0. The number of anilines is 1. The number of nitrogens with one attached hydrogen (secondary N) is 2. The number of halogens is 2. The van der Waals surface area contributed by atoms with E-state index in [9.17, 15) is 9.18 Å². The second-order valence-electron chi connectivity index (χ2n) is 5.66. The van der Waals surface area contributed by atoms with Gasteiger partial charge in [-0.05, 0) is 56.8 Å². The zero-order valence-corrected chi connectivity index (χ0v) is 15.9. The molecule has 142 valence electrons. The van der Waals surface area contributed by atoms with Gasteiger partial charge in [0.2, 0.25) is 5.91 Å². The van der Waals surface area contributed by atoms with Crippen molar-refractivity contribution in [2.45, 2.75) is 19.8 Å². The van der Waals surface area contributed by atoms with Gasteiger partial charge in [0.25, 0.3) is 0 Å². The number of benzene rings is 2. The molecule has 0 atom stereocenters. The molecule has 0 unspecified atom stereocenters. The van der Waals surface area contributed by atoms with Gasteiger partial charge in [0, 0.05) is 18.2 Å². The molecule has 26 heavy (non-hydrogen) atoms. The van der Waals surface area contributed by atoms with E-state index in [1.54, 1.807) is 12.1 Å². The molecule has 0 bridgehead atoms. The topological polar surface area (TPSA) is 59.6 Å². The van der Waals surface area contributed by atoms with Gasteiger partial charge in [-0.15, -0.1) is 12.4 Å². The average molecular weight is 383 g/mol. The zero-order chi connectivity index (χ0) is 18.2. The van der Waals surface area contributed by atoms with Gasteiger partial charge < -0.3 is 20.1 Å². The number of carbonyl (C=O) groups is 1. The number of hydrogen-bond donors (Lipinski definition) is 2. The number of aryl methyl sites for hydroxylation is 1. The highest BCUT2D eigenvalue weighted by Gasteiger charge is 2.11. The molecular formula is C19H24ClFN2O3. The van der Waals surface area contributed by atoms with Gasteiger partial charge >= 0.3 is 0 Å². The Labute approximate surface area is 159 Å². The Morgan fingerprint density at radius 1 is 1.12 bits per heavy atom. The molecule has 5 nitrogen and oxygen atoms in total. The Morgan fingerprint density at radius 3 is 2.50 bits per heavy atom. The first-order valence-electron chi connectivity index (χ1n) is 8.10. The van der Waals surface area contributed by atoms with Crippen molar-refractivity contribution in [2.24, 2.45) is 0 Å². The lowest BCUT2D eigenvalue weighted by atomic mass is 10.2. The summed E-state index contributed by atoms with van der Waals surface area (Å²) in [6.45, 7) is 2.69. The minimum atomic E-state index is -0.560. The summed E-state index contributed by atoms with van der Waals surface area (Å²) in [5.41, 5.74) is 1.41. The largest absolute Gasteiger partial charge is 0.493 e. The quantitative estimate of drug-likeness (QED) is 0.668. The summed E-state index contributed by atoms with van der Waals surface area (Å²) in [6, 6.07) is 9.73. The molecule has 0 heterocycles. The van der Waals surface area contributed by atoms with E-state index in [-0.39, 0.29) is 24.1 Å². The first kappa shape index (κ1) is 21.7. The highest BCUT2D eigenvalue weighted by atomic mass is 35.5. The Bertz CT molecular complexity index is 741. The first-order chi connectivity index (χ1) is 12.0. The number of rotatable bonds is 8. The summed E-state index contributed by atoms with van der Waals surface area (Å²) in [6.07, 6.45) is 1.10. The van der Waals surface area contributed by atoms with Crippen LogP contribution in [0, 0.1) is 12.7 Å². The molecule has 0 aliphatic carbocycles. The summed E-state index contributed by atoms with van der Waals surface area (Å²) < 4.78 is 25.1. The van der Waals surface area contributed by atoms with Gasteiger partial charge in [0.1, 0.15) is 0 Å². The van der Waals surface area contributed by atoms with E-state index >= 15 is 0 Å². The lowest BCUT2D eigenvalue weighted by Gasteiger charge is -2.12.